The van der Waals surface area contributed by atoms with Crippen LogP contribution in [0.15, 0.2) is 60.8 Å². The van der Waals surface area contributed by atoms with Gasteiger partial charge in [-0.3, -0.25) is 0 Å². The van der Waals surface area contributed by atoms with Gasteiger partial charge in [-0.1, -0.05) is 41.7 Å². The van der Waals surface area contributed by atoms with Crippen LogP contribution in [0.4, 0.5) is 21.3 Å². The minimum atomic E-state index is -0.585. The molecule has 2 amide bonds. The van der Waals surface area contributed by atoms with Gasteiger partial charge in [0.1, 0.15) is 0 Å². The summed E-state index contributed by atoms with van der Waals surface area (Å²) < 4.78 is 0. The van der Waals surface area contributed by atoms with Gasteiger partial charge in [0.25, 0.3) is 0 Å². The molecule has 0 fully saturated rings. The first-order chi connectivity index (χ1) is 10.6. The highest BCUT2D eigenvalue weighted by Crippen LogP contribution is 2.34. The van der Waals surface area contributed by atoms with Crippen LogP contribution in [0.5, 0.6) is 0 Å². The van der Waals surface area contributed by atoms with Crippen LogP contribution in [0.2, 0.25) is 0 Å². The molecule has 0 unspecified atom stereocenters. The van der Waals surface area contributed by atoms with E-state index in [-0.39, 0.29) is 0 Å². The number of amides is 2. The number of hydrogen-bond donors (Lipinski definition) is 2. The molecule has 0 saturated carbocycles. The number of anilines is 3. The first kappa shape index (κ1) is 14.1. The zero-order valence-corrected chi connectivity index (χ0v) is 12.5. The Labute approximate surface area is 131 Å². The Hall–Kier alpha value is -2.86. The molecule has 3 aromatic rings. The summed E-state index contributed by atoms with van der Waals surface area (Å²) in [5, 5.41) is 0.524. The molecule has 1 aromatic heterocycles. The summed E-state index contributed by atoms with van der Waals surface area (Å²) in [5.41, 5.74) is 13.5. The third kappa shape index (κ3) is 2.77. The third-order valence-corrected chi connectivity index (χ3v) is 4.15. The molecule has 22 heavy (non-hydrogen) atoms. The fourth-order valence-corrected chi connectivity index (χ4v) is 3.01. The fraction of sp³-hybridized carbons (Fsp3) is 0. The first-order valence-electron chi connectivity index (χ1n) is 6.61. The molecule has 0 aliphatic carbocycles. The van der Waals surface area contributed by atoms with Crippen LogP contribution < -0.4 is 16.4 Å². The van der Waals surface area contributed by atoms with E-state index in [9.17, 15) is 4.79 Å². The molecule has 3 rings (SSSR count). The van der Waals surface area contributed by atoms with Gasteiger partial charge in [-0.05, 0) is 29.8 Å². The highest BCUT2D eigenvalue weighted by molar-refractivity contribution is 7.19. The molecular formula is C16H14N4OS. The van der Waals surface area contributed by atoms with E-state index in [1.54, 1.807) is 30.5 Å². The lowest BCUT2D eigenvalue weighted by Crippen LogP contribution is -2.31. The van der Waals surface area contributed by atoms with Crippen molar-refractivity contribution in [2.75, 3.05) is 10.6 Å². The maximum absolute atomic E-state index is 11.8. The predicted octanol–water partition coefficient (Wildman–Crippen LogP) is 3.61. The molecule has 0 aliphatic heterocycles. The molecular weight excluding hydrogens is 296 g/mol. The second-order valence-electron chi connectivity index (χ2n) is 4.64. The Morgan fingerprint density at radius 3 is 2.36 bits per heavy atom. The summed E-state index contributed by atoms with van der Waals surface area (Å²) in [6.07, 6.45) is 1.74. The quantitative estimate of drug-likeness (QED) is 0.725. The van der Waals surface area contributed by atoms with Gasteiger partial charge in [0, 0.05) is 11.9 Å². The topological polar surface area (TPSA) is 85.2 Å². The molecule has 0 atom stereocenters. The number of thiazole rings is 1. The number of urea groups is 1. The molecule has 0 aliphatic rings. The van der Waals surface area contributed by atoms with Gasteiger partial charge < -0.3 is 11.5 Å². The van der Waals surface area contributed by atoms with Gasteiger partial charge in [-0.15, -0.1) is 0 Å². The molecule has 4 N–H and O–H groups in total. The number of hydrogen-bond acceptors (Lipinski definition) is 4. The molecule has 2 aromatic carbocycles. The number of benzene rings is 2. The monoisotopic (exact) mass is 310 g/mol. The minimum Gasteiger partial charge on any atom is -0.399 e. The summed E-state index contributed by atoms with van der Waals surface area (Å²) in [6.45, 7) is 0. The summed E-state index contributed by atoms with van der Waals surface area (Å²) in [5.74, 6) is 0. The van der Waals surface area contributed by atoms with Crippen LogP contribution in [0.3, 0.4) is 0 Å². The molecule has 0 spiro atoms. The van der Waals surface area contributed by atoms with E-state index < -0.39 is 6.03 Å². The van der Waals surface area contributed by atoms with Crippen LogP contribution in [0.1, 0.15) is 0 Å². The lowest BCUT2D eigenvalue weighted by molar-refractivity contribution is 0.256. The number of carbonyl (C=O) groups excluding carboxylic acids is 1. The summed E-state index contributed by atoms with van der Waals surface area (Å²) in [7, 11) is 0. The lowest BCUT2D eigenvalue weighted by atomic mass is 10.2. The highest BCUT2D eigenvalue weighted by atomic mass is 32.1. The largest absolute Gasteiger partial charge is 0.399 e. The first-order valence-corrected chi connectivity index (χ1v) is 7.43. The Kier molecular flexibility index (Phi) is 3.76. The third-order valence-electron chi connectivity index (χ3n) is 3.11. The Balaban J connectivity index is 1.98. The molecule has 6 heteroatoms. The molecule has 0 radical (unpaired) electrons. The Morgan fingerprint density at radius 2 is 1.73 bits per heavy atom. The van der Waals surface area contributed by atoms with Gasteiger partial charge in [-0.25, -0.2) is 14.7 Å². The highest BCUT2D eigenvalue weighted by Gasteiger charge is 2.19. The zero-order valence-electron chi connectivity index (χ0n) is 11.6. The van der Waals surface area contributed by atoms with Crippen LogP contribution in [-0.4, -0.2) is 11.0 Å². The van der Waals surface area contributed by atoms with Crippen molar-refractivity contribution in [3.63, 3.8) is 0 Å². The van der Waals surface area contributed by atoms with Crippen LogP contribution in [0, 0.1) is 0 Å². The fourth-order valence-electron chi connectivity index (χ4n) is 2.06. The van der Waals surface area contributed by atoms with Gasteiger partial charge in [0.15, 0.2) is 5.13 Å². The molecule has 0 saturated heterocycles. The minimum absolute atomic E-state index is 0.524. The van der Waals surface area contributed by atoms with Crippen molar-refractivity contribution in [3.8, 4) is 10.4 Å². The number of rotatable bonds is 3. The Morgan fingerprint density at radius 1 is 1.05 bits per heavy atom. The van der Waals surface area contributed by atoms with E-state index in [0.717, 1.165) is 10.4 Å². The van der Waals surface area contributed by atoms with Crippen molar-refractivity contribution in [1.82, 2.24) is 4.98 Å². The van der Waals surface area contributed by atoms with E-state index in [2.05, 4.69) is 4.98 Å². The van der Waals surface area contributed by atoms with Crippen LogP contribution >= 0.6 is 11.3 Å². The van der Waals surface area contributed by atoms with Crippen molar-refractivity contribution in [1.29, 1.82) is 0 Å². The van der Waals surface area contributed by atoms with Crippen LogP contribution in [-0.2, 0) is 0 Å². The number of nitrogens with two attached hydrogens (primary N) is 2. The van der Waals surface area contributed by atoms with E-state index in [4.69, 9.17) is 11.5 Å². The number of carbonyl (C=O) groups is 1. The maximum atomic E-state index is 11.8. The van der Waals surface area contributed by atoms with E-state index >= 15 is 0 Å². The van der Waals surface area contributed by atoms with Gasteiger partial charge in [0.2, 0.25) is 0 Å². The molecule has 1 heterocycles. The van der Waals surface area contributed by atoms with Gasteiger partial charge in [0.05, 0.1) is 10.6 Å². The van der Waals surface area contributed by atoms with E-state index in [1.165, 1.54) is 16.2 Å². The molecule has 5 nitrogen and oxygen atoms in total. The standard InChI is InChI=1S/C16H14N4OS/c17-12-6-8-13(9-7-12)20(15(18)21)16-19-10-14(22-16)11-4-2-1-3-5-11/h1-10H,17H2,(H2,18,21). The summed E-state index contributed by atoms with van der Waals surface area (Å²) >= 11 is 1.40. The predicted molar refractivity (Wildman–Crippen MR) is 90.1 cm³/mol. The summed E-state index contributed by atoms with van der Waals surface area (Å²) in [4.78, 5) is 18.5. The zero-order chi connectivity index (χ0) is 15.5. The number of aromatic nitrogens is 1. The van der Waals surface area contributed by atoms with Crippen molar-refractivity contribution in [2.45, 2.75) is 0 Å². The molecule has 0 bridgehead atoms. The van der Waals surface area contributed by atoms with E-state index in [1.807, 2.05) is 30.3 Å². The summed E-state index contributed by atoms with van der Waals surface area (Å²) in [6, 6.07) is 16.2. The van der Waals surface area contributed by atoms with Crippen molar-refractivity contribution in [2.24, 2.45) is 5.73 Å². The second kappa shape index (κ2) is 5.87. The van der Waals surface area contributed by atoms with Crippen LogP contribution in [0.25, 0.3) is 10.4 Å². The number of primary amides is 1. The van der Waals surface area contributed by atoms with Crippen molar-refractivity contribution in [3.05, 3.63) is 60.8 Å². The van der Waals surface area contributed by atoms with E-state index in [0.29, 0.717) is 16.5 Å². The SMILES string of the molecule is NC(=O)N(c1ccc(N)cc1)c1ncc(-c2ccccc2)s1. The van der Waals surface area contributed by atoms with Gasteiger partial charge >= 0.3 is 6.03 Å². The maximum Gasteiger partial charge on any atom is 0.325 e. The smallest absolute Gasteiger partial charge is 0.325 e. The average Bonchev–Trinajstić information content (AvgIpc) is 2.99. The molecule has 110 valence electrons. The number of nitrogens with zero attached hydrogens (tertiary/aromatic N) is 2. The van der Waals surface area contributed by atoms with Crippen molar-refractivity contribution >= 4 is 33.9 Å². The second-order valence-corrected chi connectivity index (χ2v) is 5.65. The van der Waals surface area contributed by atoms with Gasteiger partial charge in [-0.2, -0.15) is 0 Å². The average molecular weight is 310 g/mol. The Bertz CT molecular complexity index is 783. The van der Waals surface area contributed by atoms with Crippen molar-refractivity contribution < 1.29 is 4.79 Å². The number of nitrogen functional groups attached to an aromatic ring is 1. The lowest BCUT2D eigenvalue weighted by Gasteiger charge is -2.17. The normalized spacial score (nSPS) is 10.4.